The third-order valence-electron chi connectivity index (χ3n) is 5.04. The molecule has 0 unspecified atom stereocenters. The van der Waals surface area contributed by atoms with E-state index >= 15 is 0 Å². The molecule has 1 aromatic heterocycles. The summed E-state index contributed by atoms with van der Waals surface area (Å²) in [5, 5.41) is 2.08. The minimum Gasteiger partial charge on any atom is -0.336 e. The van der Waals surface area contributed by atoms with Crippen LogP contribution in [-0.4, -0.2) is 57.4 Å². The van der Waals surface area contributed by atoms with Crippen LogP contribution in [0.1, 0.15) is 26.4 Å². The molecule has 0 radical (unpaired) electrons. The normalized spacial score (nSPS) is 15.9. The molecule has 1 amide bonds. The van der Waals surface area contributed by atoms with Gasteiger partial charge in [-0.3, -0.25) is 9.69 Å². The Labute approximate surface area is 164 Å². The molecule has 1 fully saturated rings. The molecule has 1 aliphatic rings. The van der Waals surface area contributed by atoms with Gasteiger partial charge in [0.25, 0.3) is 5.91 Å². The second kappa shape index (κ2) is 8.10. The van der Waals surface area contributed by atoms with Crippen LogP contribution in [0.25, 0.3) is 0 Å². The number of hydrogen-bond acceptors (Lipinski definition) is 5. The van der Waals surface area contributed by atoms with Gasteiger partial charge in [0.2, 0.25) is 10.0 Å². The minimum atomic E-state index is -3.60. The molecule has 1 saturated heterocycles. The fourth-order valence-corrected chi connectivity index (χ4v) is 5.07. The van der Waals surface area contributed by atoms with Crippen molar-refractivity contribution >= 4 is 27.3 Å². The van der Waals surface area contributed by atoms with Crippen molar-refractivity contribution in [3.8, 4) is 0 Å². The summed E-state index contributed by atoms with van der Waals surface area (Å²) < 4.78 is 26.9. The van der Waals surface area contributed by atoms with Crippen LogP contribution in [0.4, 0.5) is 0 Å². The lowest BCUT2D eigenvalue weighted by Gasteiger charge is -2.34. The maximum absolute atomic E-state index is 12.9. The first-order valence-corrected chi connectivity index (χ1v) is 11.3. The first kappa shape index (κ1) is 20.0. The number of sulfonamides is 1. The van der Waals surface area contributed by atoms with Crippen molar-refractivity contribution in [2.24, 2.45) is 0 Å². The average molecular weight is 408 g/mol. The van der Waals surface area contributed by atoms with Gasteiger partial charge in [0.05, 0.1) is 4.90 Å². The topological polar surface area (TPSA) is 69.7 Å². The Balaban J connectivity index is 1.73. The van der Waals surface area contributed by atoms with Crippen LogP contribution >= 0.6 is 11.3 Å². The summed E-state index contributed by atoms with van der Waals surface area (Å²) in [5.74, 6) is -0.110. The Kier molecular flexibility index (Phi) is 6.00. The number of benzene rings is 1. The minimum absolute atomic E-state index is 0.110. The van der Waals surface area contributed by atoms with Crippen molar-refractivity contribution in [3.05, 3.63) is 51.2 Å². The quantitative estimate of drug-likeness (QED) is 0.825. The van der Waals surface area contributed by atoms with E-state index in [1.54, 1.807) is 24.3 Å². The summed E-state index contributed by atoms with van der Waals surface area (Å²) in [5.41, 5.74) is 1.89. The predicted octanol–water partition coefficient (Wildman–Crippen LogP) is 2.23. The highest BCUT2D eigenvalue weighted by molar-refractivity contribution is 7.89. The lowest BCUT2D eigenvalue weighted by atomic mass is 10.0. The third-order valence-corrected chi connectivity index (χ3v) is 7.45. The van der Waals surface area contributed by atoms with Crippen LogP contribution in [0.2, 0.25) is 0 Å². The molecule has 1 aromatic carbocycles. The zero-order valence-electron chi connectivity index (χ0n) is 15.9. The molecule has 1 N–H and O–H groups in total. The summed E-state index contributed by atoms with van der Waals surface area (Å²) in [6, 6.07) is 7.45. The van der Waals surface area contributed by atoms with E-state index < -0.39 is 10.0 Å². The number of carbonyl (C=O) groups excluding carboxylic acids is 1. The first-order chi connectivity index (χ1) is 12.8. The van der Waals surface area contributed by atoms with Gasteiger partial charge in [-0.1, -0.05) is 6.07 Å². The number of nitrogens with one attached hydrogen (secondary N) is 1. The Morgan fingerprint density at radius 3 is 2.48 bits per heavy atom. The standard InChI is InChI=1S/C19H25N3O3S2/c1-14-11-16(12-18(15(14)2)27(24,25)20-3)19(23)22-8-6-21(7-9-22)13-17-5-4-10-26-17/h4-5,10-12,20H,6-9,13H2,1-3H3. The maximum Gasteiger partial charge on any atom is 0.253 e. The second-order valence-electron chi connectivity index (χ2n) is 6.77. The van der Waals surface area contributed by atoms with Gasteiger partial charge in [-0.05, 0) is 55.6 Å². The average Bonchev–Trinajstić information content (AvgIpc) is 3.16. The van der Waals surface area contributed by atoms with Gasteiger partial charge in [0.1, 0.15) is 0 Å². The van der Waals surface area contributed by atoms with E-state index in [0.717, 1.165) is 25.2 Å². The predicted molar refractivity (Wildman–Crippen MR) is 108 cm³/mol. The van der Waals surface area contributed by atoms with E-state index in [9.17, 15) is 13.2 Å². The zero-order chi connectivity index (χ0) is 19.6. The van der Waals surface area contributed by atoms with Crippen LogP contribution in [-0.2, 0) is 16.6 Å². The molecule has 0 atom stereocenters. The monoisotopic (exact) mass is 407 g/mol. The van der Waals surface area contributed by atoms with Crippen molar-refractivity contribution in [3.63, 3.8) is 0 Å². The van der Waals surface area contributed by atoms with E-state index in [0.29, 0.717) is 24.2 Å². The van der Waals surface area contributed by atoms with E-state index in [4.69, 9.17) is 0 Å². The Morgan fingerprint density at radius 1 is 1.19 bits per heavy atom. The molecular formula is C19H25N3O3S2. The van der Waals surface area contributed by atoms with Gasteiger partial charge >= 0.3 is 0 Å². The Morgan fingerprint density at radius 2 is 1.89 bits per heavy atom. The van der Waals surface area contributed by atoms with E-state index in [-0.39, 0.29) is 10.8 Å². The fraction of sp³-hybridized carbons (Fsp3) is 0.421. The van der Waals surface area contributed by atoms with Crippen molar-refractivity contribution < 1.29 is 13.2 Å². The lowest BCUT2D eigenvalue weighted by molar-refractivity contribution is 0.0629. The van der Waals surface area contributed by atoms with E-state index in [2.05, 4.69) is 27.1 Å². The van der Waals surface area contributed by atoms with Gasteiger partial charge in [0.15, 0.2) is 0 Å². The molecule has 146 valence electrons. The molecule has 0 bridgehead atoms. The third kappa shape index (κ3) is 4.40. The largest absolute Gasteiger partial charge is 0.336 e. The number of amides is 1. The molecule has 8 heteroatoms. The van der Waals surface area contributed by atoms with Gasteiger partial charge in [-0.2, -0.15) is 0 Å². The van der Waals surface area contributed by atoms with Gasteiger partial charge in [0, 0.05) is 43.2 Å². The van der Waals surface area contributed by atoms with Crippen LogP contribution < -0.4 is 4.72 Å². The molecule has 27 heavy (non-hydrogen) atoms. The highest BCUT2D eigenvalue weighted by Crippen LogP contribution is 2.22. The Bertz CT molecular complexity index is 916. The number of rotatable bonds is 5. The molecule has 3 rings (SSSR count). The molecular weight excluding hydrogens is 382 g/mol. The summed E-state index contributed by atoms with van der Waals surface area (Å²) in [4.78, 5) is 18.6. The zero-order valence-corrected chi connectivity index (χ0v) is 17.5. The SMILES string of the molecule is CNS(=O)(=O)c1cc(C(=O)N2CCN(Cc3cccs3)CC2)cc(C)c1C. The van der Waals surface area contributed by atoms with Crippen molar-refractivity contribution in [2.45, 2.75) is 25.3 Å². The van der Waals surface area contributed by atoms with Gasteiger partial charge < -0.3 is 4.90 Å². The van der Waals surface area contributed by atoms with Crippen LogP contribution in [0.5, 0.6) is 0 Å². The number of hydrogen-bond donors (Lipinski definition) is 1. The second-order valence-corrected chi connectivity index (χ2v) is 9.66. The van der Waals surface area contributed by atoms with E-state index in [1.165, 1.54) is 18.0 Å². The number of thiophene rings is 1. The maximum atomic E-state index is 12.9. The molecule has 0 spiro atoms. The highest BCUT2D eigenvalue weighted by atomic mass is 32.2. The van der Waals surface area contributed by atoms with Crippen molar-refractivity contribution in [1.29, 1.82) is 0 Å². The number of nitrogens with zero attached hydrogens (tertiary/aromatic N) is 2. The molecule has 0 aliphatic carbocycles. The van der Waals surface area contributed by atoms with E-state index in [1.807, 2.05) is 11.8 Å². The number of carbonyl (C=O) groups is 1. The smallest absolute Gasteiger partial charge is 0.253 e. The lowest BCUT2D eigenvalue weighted by Crippen LogP contribution is -2.48. The summed E-state index contributed by atoms with van der Waals surface area (Å²) in [6.45, 7) is 7.42. The molecule has 1 aliphatic heterocycles. The first-order valence-electron chi connectivity index (χ1n) is 8.90. The number of aryl methyl sites for hydroxylation is 1. The van der Waals surface area contributed by atoms with Gasteiger partial charge in [-0.15, -0.1) is 11.3 Å². The Hall–Kier alpha value is -1.74. The van der Waals surface area contributed by atoms with Crippen LogP contribution in [0.3, 0.4) is 0 Å². The fourth-order valence-electron chi connectivity index (χ4n) is 3.25. The molecule has 6 nitrogen and oxygen atoms in total. The van der Waals surface area contributed by atoms with Crippen molar-refractivity contribution in [1.82, 2.24) is 14.5 Å². The molecule has 0 saturated carbocycles. The highest BCUT2D eigenvalue weighted by Gasteiger charge is 2.25. The summed E-state index contributed by atoms with van der Waals surface area (Å²) in [6.07, 6.45) is 0. The number of piperazine rings is 1. The summed E-state index contributed by atoms with van der Waals surface area (Å²) >= 11 is 1.74. The summed E-state index contributed by atoms with van der Waals surface area (Å²) in [7, 11) is -2.22. The molecule has 2 aromatic rings. The molecule has 2 heterocycles. The van der Waals surface area contributed by atoms with Gasteiger partial charge in [-0.25, -0.2) is 13.1 Å². The van der Waals surface area contributed by atoms with Crippen LogP contribution in [0.15, 0.2) is 34.5 Å². The van der Waals surface area contributed by atoms with Crippen molar-refractivity contribution in [2.75, 3.05) is 33.2 Å². The van der Waals surface area contributed by atoms with Crippen LogP contribution in [0, 0.1) is 13.8 Å².